The van der Waals surface area contributed by atoms with E-state index in [1.54, 1.807) is 0 Å². The molecule has 1 heterocycles. The highest BCUT2D eigenvalue weighted by Gasteiger charge is 2.18. The quantitative estimate of drug-likeness (QED) is 0.419. The van der Waals surface area contributed by atoms with E-state index in [1.165, 1.54) is 13.1 Å². The van der Waals surface area contributed by atoms with Gasteiger partial charge >= 0.3 is 11.2 Å². The number of rotatable bonds is 2. The van der Waals surface area contributed by atoms with Crippen molar-refractivity contribution in [3.63, 3.8) is 0 Å². The molecule has 0 saturated heterocycles. The smallest absolute Gasteiger partial charge is 0.337 e. The Balaban J connectivity index is 3.23. The van der Waals surface area contributed by atoms with Crippen molar-refractivity contribution < 1.29 is 9.72 Å². The van der Waals surface area contributed by atoms with E-state index in [4.69, 9.17) is 5.73 Å². The number of nitro groups is 1. The summed E-state index contributed by atoms with van der Waals surface area (Å²) < 4.78 is 0. The molecule has 0 radical (unpaired) electrons. The first kappa shape index (κ1) is 12.4. The van der Waals surface area contributed by atoms with Crippen LogP contribution in [-0.4, -0.2) is 15.8 Å². The molecule has 0 aliphatic carbocycles. The van der Waals surface area contributed by atoms with Gasteiger partial charge in [-0.2, -0.15) is 0 Å². The van der Waals surface area contributed by atoms with Crippen LogP contribution in [0.2, 0.25) is 0 Å². The number of nitrogens with one attached hydrogen (secondary N) is 1. The molecular weight excluding hydrogens is 226 g/mol. The second kappa shape index (κ2) is 4.94. The molecule has 0 unspecified atom stereocenters. The average molecular weight is 235 g/mol. The summed E-state index contributed by atoms with van der Waals surface area (Å²) in [7, 11) is 0. The van der Waals surface area contributed by atoms with Gasteiger partial charge in [-0.1, -0.05) is 11.8 Å². The van der Waals surface area contributed by atoms with Crippen molar-refractivity contribution in [2.24, 2.45) is 5.73 Å². The van der Waals surface area contributed by atoms with Crippen LogP contribution in [0.1, 0.15) is 17.5 Å². The molecule has 3 N–H and O–H groups in total. The van der Waals surface area contributed by atoms with Gasteiger partial charge in [-0.25, -0.2) is 0 Å². The fourth-order valence-corrected chi connectivity index (χ4v) is 1.19. The van der Waals surface area contributed by atoms with Gasteiger partial charge in [0.15, 0.2) is 0 Å². The van der Waals surface area contributed by atoms with Crippen LogP contribution in [0.25, 0.3) is 0 Å². The van der Waals surface area contributed by atoms with Crippen molar-refractivity contribution >= 4 is 11.6 Å². The van der Waals surface area contributed by atoms with Gasteiger partial charge in [0.25, 0.3) is 0 Å². The number of hydrogen-bond acceptors (Lipinski definition) is 4. The number of nitrogens with two attached hydrogens (primary N) is 1. The van der Waals surface area contributed by atoms with Crippen LogP contribution in [0.4, 0.5) is 5.69 Å². The third-order valence-electron chi connectivity index (χ3n) is 1.99. The second-order valence-corrected chi connectivity index (χ2v) is 3.21. The molecule has 0 saturated carbocycles. The molecule has 0 aliphatic heterocycles. The first-order valence-electron chi connectivity index (χ1n) is 4.57. The molecule has 0 atom stereocenters. The molecule has 0 aliphatic rings. The maximum Gasteiger partial charge on any atom is 0.337 e. The SMILES string of the molecule is Cc1c(C#CCC(N)=O)c[nH]c(=O)c1[N+](=O)[O-]. The third-order valence-corrected chi connectivity index (χ3v) is 1.99. The Kier molecular flexibility index (Phi) is 3.62. The molecule has 0 bridgehead atoms. The topological polar surface area (TPSA) is 119 Å². The predicted molar refractivity (Wildman–Crippen MR) is 59.1 cm³/mol. The average Bonchev–Trinajstić information content (AvgIpc) is 2.20. The lowest BCUT2D eigenvalue weighted by atomic mass is 10.1. The zero-order valence-corrected chi connectivity index (χ0v) is 8.94. The largest absolute Gasteiger partial charge is 0.369 e. The van der Waals surface area contributed by atoms with Gasteiger partial charge in [0.1, 0.15) is 0 Å². The number of nitrogens with zero attached hydrogens (tertiary/aromatic N) is 1. The highest BCUT2D eigenvalue weighted by molar-refractivity contribution is 5.76. The summed E-state index contributed by atoms with van der Waals surface area (Å²) in [6.07, 6.45) is 1.12. The number of hydrogen-bond donors (Lipinski definition) is 2. The van der Waals surface area contributed by atoms with Crippen LogP contribution >= 0.6 is 0 Å². The Morgan fingerprint density at radius 3 is 2.82 bits per heavy atom. The molecule has 1 amide bonds. The van der Waals surface area contributed by atoms with E-state index >= 15 is 0 Å². The summed E-state index contributed by atoms with van der Waals surface area (Å²) in [5, 5.41) is 10.6. The summed E-state index contributed by atoms with van der Waals surface area (Å²) >= 11 is 0. The van der Waals surface area contributed by atoms with Crippen molar-refractivity contribution in [1.82, 2.24) is 4.98 Å². The van der Waals surface area contributed by atoms with E-state index < -0.39 is 22.1 Å². The zero-order chi connectivity index (χ0) is 13.0. The minimum atomic E-state index is -0.784. The molecule has 88 valence electrons. The van der Waals surface area contributed by atoms with Crippen molar-refractivity contribution in [3.8, 4) is 11.8 Å². The first-order chi connectivity index (χ1) is 7.93. The van der Waals surface area contributed by atoms with E-state index in [0.717, 1.165) is 0 Å². The molecule has 0 aromatic carbocycles. The summed E-state index contributed by atoms with van der Waals surface area (Å²) in [5.74, 6) is 4.41. The van der Waals surface area contributed by atoms with Crippen molar-refractivity contribution in [2.45, 2.75) is 13.3 Å². The molecule has 7 heteroatoms. The summed E-state index contributed by atoms with van der Waals surface area (Å²) in [6.45, 7) is 1.42. The van der Waals surface area contributed by atoms with Gasteiger partial charge in [0, 0.05) is 11.8 Å². The zero-order valence-electron chi connectivity index (χ0n) is 8.94. The molecule has 1 aromatic rings. The lowest BCUT2D eigenvalue weighted by Gasteiger charge is -1.98. The van der Waals surface area contributed by atoms with Gasteiger partial charge in [-0.05, 0) is 6.92 Å². The Morgan fingerprint density at radius 1 is 1.65 bits per heavy atom. The monoisotopic (exact) mass is 235 g/mol. The number of amides is 1. The maximum absolute atomic E-state index is 11.2. The lowest BCUT2D eigenvalue weighted by Crippen LogP contribution is -2.13. The Hall–Kier alpha value is -2.62. The molecule has 17 heavy (non-hydrogen) atoms. The fraction of sp³-hybridized carbons (Fsp3) is 0.200. The number of carbonyl (C=O) groups excluding carboxylic acids is 1. The van der Waals surface area contributed by atoms with Gasteiger partial charge in [-0.15, -0.1) is 0 Å². The van der Waals surface area contributed by atoms with Gasteiger partial charge in [-0.3, -0.25) is 19.7 Å². The van der Waals surface area contributed by atoms with E-state index in [1.807, 2.05) is 0 Å². The van der Waals surface area contributed by atoms with Crippen molar-refractivity contribution in [1.29, 1.82) is 0 Å². The van der Waals surface area contributed by atoms with Gasteiger partial charge in [0.2, 0.25) is 5.91 Å². The highest BCUT2D eigenvalue weighted by atomic mass is 16.6. The highest BCUT2D eigenvalue weighted by Crippen LogP contribution is 2.14. The second-order valence-electron chi connectivity index (χ2n) is 3.21. The van der Waals surface area contributed by atoms with Crippen molar-refractivity contribution in [2.75, 3.05) is 0 Å². The van der Waals surface area contributed by atoms with Crippen LogP contribution in [0, 0.1) is 28.9 Å². The van der Waals surface area contributed by atoms with Gasteiger partial charge < -0.3 is 10.7 Å². The van der Waals surface area contributed by atoms with E-state index in [2.05, 4.69) is 16.8 Å². The first-order valence-corrected chi connectivity index (χ1v) is 4.57. The number of H-pyrrole nitrogens is 1. The minimum Gasteiger partial charge on any atom is -0.369 e. The van der Waals surface area contributed by atoms with Crippen LogP contribution in [0.3, 0.4) is 0 Å². The number of carbonyl (C=O) groups is 1. The maximum atomic E-state index is 11.2. The van der Waals surface area contributed by atoms with Crippen LogP contribution in [0.5, 0.6) is 0 Å². The lowest BCUT2D eigenvalue weighted by molar-refractivity contribution is -0.386. The van der Waals surface area contributed by atoms with Gasteiger partial charge in [0.05, 0.1) is 16.9 Å². The number of pyridine rings is 1. The summed E-state index contributed by atoms with van der Waals surface area (Å²) in [4.78, 5) is 33.7. The molecule has 1 rings (SSSR count). The van der Waals surface area contributed by atoms with Crippen LogP contribution in [-0.2, 0) is 4.79 Å². The Morgan fingerprint density at radius 2 is 2.29 bits per heavy atom. The Bertz CT molecular complexity index is 592. The molecule has 0 spiro atoms. The molecular formula is C10H9N3O4. The molecule has 0 fully saturated rings. The Labute approximate surface area is 95.8 Å². The summed E-state index contributed by atoms with van der Waals surface area (Å²) in [5.41, 5.74) is 4.01. The summed E-state index contributed by atoms with van der Waals surface area (Å²) in [6, 6.07) is 0. The van der Waals surface area contributed by atoms with Crippen LogP contribution in [0.15, 0.2) is 11.0 Å². The molecule has 7 nitrogen and oxygen atoms in total. The fourth-order valence-electron chi connectivity index (χ4n) is 1.19. The number of aromatic amines is 1. The molecule has 1 aromatic heterocycles. The predicted octanol–water partition coefficient (Wildman–Crippen LogP) is -0.182. The van der Waals surface area contributed by atoms with E-state index in [-0.39, 0.29) is 17.5 Å². The van der Waals surface area contributed by atoms with Crippen LogP contribution < -0.4 is 11.3 Å². The minimum absolute atomic E-state index is 0.146. The normalized spacial score (nSPS) is 9.24. The third kappa shape index (κ3) is 2.92. The van der Waals surface area contributed by atoms with E-state index in [0.29, 0.717) is 0 Å². The number of primary amides is 1. The van der Waals surface area contributed by atoms with Crippen molar-refractivity contribution in [3.05, 3.63) is 37.8 Å². The number of aromatic nitrogens is 1. The van der Waals surface area contributed by atoms with E-state index in [9.17, 15) is 19.7 Å². The standard InChI is InChI=1S/C10H9N3O4/c1-6-7(3-2-4-8(11)14)5-12-10(15)9(6)13(16)17/h5H,4H2,1H3,(H2,11,14)(H,12,15).